The lowest BCUT2D eigenvalue weighted by Gasteiger charge is -2.39. The van der Waals surface area contributed by atoms with Crippen molar-refractivity contribution in [3.63, 3.8) is 0 Å². The standard InChI is InChI=1S/C11H15N3OS/c15-10-7-4-6-14-5-2-1-3-8(14)9(7)12-11(16)13-10/h8H,1-6H2,(H2,12,13,15,16). The molecule has 3 heterocycles. The van der Waals surface area contributed by atoms with Gasteiger partial charge in [-0.3, -0.25) is 14.7 Å². The first-order chi connectivity index (χ1) is 7.75. The average molecular weight is 237 g/mol. The number of nitrogens with one attached hydrogen (secondary N) is 2. The Kier molecular flexibility index (Phi) is 2.44. The van der Waals surface area contributed by atoms with Crippen LogP contribution in [-0.4, -0.2) is 28.0 Å². The minimum Gasteiger partial charge on any atom is -0.334 e. The summed E-state index contributed by atoms with van der Waals surface area (Å²) in [5.74, 6) is 0. The molecule has 86 valence electrons. The molecule has 0 aliphatic carbocycles. The van der Waals surface area contributed by atoms with Gasteiger partial charge in [-0.1, -0.05) is 6.42 Å². The fourth-order valence-corrected chi connectivity index (χ4v) is 3.11. The number of aromatic amines is 2. The summed E-state index contributed by atoms with van der Waals surface area (Å²) in [6.07, 6.45) is 4.50. The van der Waals surface area contributed by atoms with Crippen LogP contribution in [0.5, 0.6) is 0 Å². The Hall–Kier alpha value is -0.940. The first kappa shape index (κ1) is 10.2. The van der Waals surface area contributed by atoms with Gasteiger partial charge in [-0.15, -0.1) is 0 Å². The summed E-state index contributed by atoms with van der Waals surface area (Å²) >= 11 is 5.05. The van der Waals surface area contributed by atoms with E-state index in [0.717, 1.165) is 37.2 Å². The Balaban J connectivity index is 2.14. The highest BCUT2D eigenvalue weighted by molar-refractivity contribution is 7.71. The van der Waals surface area contributed by atoms with Gasteiger partial charge in [0.05, 0.1) is 6.04 Å². The van der Waals surface area contributed by atoms with E-state index in [1.807, 2.05) is 0 Å². The summed E-state index contributed by atoms with van der Waals surface area (Å²) in [5, 5.41) is 0. The lowest BCUT2D eigenvalue weighted by molar-refractivity contribution is 0.134. The van der Waals surface area contributed by atoms with Crippen LogP contribution in [-0.2, 0) is 6.42 Å². The third kappa shape index (κ3) is 1.55. The topological polar surface area (TPSA) is 51.9 Å². The molecule has 5 heteroatoms. The van der Waals surface area contributed by atoms with Crippen LogP contribution in [0, 0.1) is 4.77 Å². The Morgan fingerprint density at radius 1 is 1.25 bits per heavy atom. The van der Waals surface area contributed by atoms with Crippen molar-refractivity contribution < 1.29 is 0 Å². The number of hydrogen-bond donors (Lipinski definition) is 2. The van der Waals surface area contributed by atoms with Crippen molar-refractivity contribution in [1.29, 1.82) is 0 Å². The van der Waals surface area contributed by atoms with Gasteiger partial charge in [-0.2, -0.15) is 0 Å². The molecule has 1 unspecified atom stereocenters. The summed E-state index contributed by atoms with van der Waals surface area (Å²) in [4.78, 5) is 20.1. The van der Waals surface area contributed by atoms with E-state index in [0.29, 0.717) is 10.8 Å². The number of H-pyrrole nitrogens is 2. The first-order valence-electron chi connectivity index (χ1n) is 5.85. The van der Waals surface area contributed by atoms with Crippen LogP contribution in [0.4, 0.5) is 0 Å². The third-order valence-electron chi connectivity index (χ3n) is 3.67. The normalized spacial score (nSPS) is 24.9. The second kappa shape index (κ2) is 3.82. The van der Waals surface area contributed by atoms with Gasteiger partial charge < -0.3 is 4.98 Å². The van der Waals surface area contributed by atoms with E-state index >= 15 is 0 Å². The lowest BCUT2D eigenvalue weighted by Crippen LogP contribution is -2.41. The van der Waals surface area contributed by atoms with Crippen molar-refractivity contribution in [2.75, 3.05) is 13.1 Å². The van der Waals surface area contributed by atoms with E-state index in [1.54, 1.807) is 0 Å². The average Bonchev–Trinajstić information content (AvgIpc) is 2.28. The molecule has 2 N–H and O–H groups in total. The summed E-state index contributed by atoms with van der Waals surface area (Å²) in [7, 11) is 0. The predicted molar refractivity (Wildman–Crippen MR) is 64.1 cm³/mol. The number of aromatic nitrogens is 2. The maximum atomic E-state index is 11.8. The summed E-state index contributed by atoms with van der Waals surface area (Å²) in [6, 6.07) is 0.390. The number of fused-ring (bicyclic) bond motifs is 3. The third-order valence-corrected chi connectivity index (χ3v) is 3.87. The smallest absolute Gasteiger partial charge is 0.255 e. The molecule has 1 saturated heterocycles. The van der Waals surface area contributed by atoms with E-state index in [9.17, 15) is 4.79 Å². The van der Waals surface area contributed by atoms with Crippen LogP contribution in [0.1, 0.15) is 36.6 Å². The Morgan fingerprint density at radius 3 is 3.00 bits per heavy atom. The number of nitrogens with zero attached hydrogens (tertiary/aromatic N) is 1. The van der Waals surface area contributed by atoms with E-state index in [4.69, 9.17) is 12.2 Å². The van der Waals surface area contributed by atoms with Crippen molar-refractivity contribution in [3.8, 4) is 0 Å². The fraction of sp³-hybridized carbons (Fsp3) is 0.636. The van der Waals surface area contributed by atoms with E-state index in [1.165, 1.54) is 12.8 Å². The van der Waals surface area contributed by atoms with Gasteiger partial charge in [-0.05, 0) is 38.0 Å². The highest BCUT2D eigenvalue weighted by Crippen LogP contribution is 2.33. The first-order valence-corrected chi connectivity index (χ1v) is 6.26. The molecule has 0 radical (unpaired) electrons. The molecule has 1 atom stereocenters. The molecular weight excluding hydrogens is 222 g/mol. The predicted octanol–water partition coefficient (Wildman–Crippen LogP) is 1.52. The molecular formula is C11H15N3OS. The number of hydrogen-bond acceptors (Lipinski definition) is 3. The molecule has 16 heavy (non-hydrogen) atoms. The van der Waals surface area contributed by atoms with Crippen LogP contribution in [0.25, 0.3) is 0 Å². The van der Waals surface area contributed by atoms with Gasteiger partial charge in [0.2, 0.25) is 0 Å². The molecule has 2 aliphatic rings. The summed E-state index contributed by atoms with van der Waals surface area (Å²) < 4.78 is 0.455. The zero-order valence-corrected chi connectivity index (χ0v) is 9.90. The second-order valence-electron chi connectivity index (χ2n) is 4.60. The van der Waals surface area contributed by atoms with Crippen molar-refractivity contribution in [2.24, 2.45) is 0 Å². The SMILES string of the molecule is O=c1[nH]c(=S)[nH]c2c1CCN1CCCCC21. The van der Waals surface area contributed by atoms with Crippen molar-refractivity contribution in [3.05, 3.63) is 26.4 Å². The molecule has 0 bridgehead atoms. The zero-order valence-electron chi connectivity index (χ0n) is 9.08. The molecule has 1 aromatic rings. The van der Waals surface area contributed by atoms with E-state index in [2.05, 4.69) is 14.9 Å². The van der Waals surface area contributed by atoms with Gasteiger partial charge in [-0.25, -0.2) is 0 Å². The fourth-order valence-electron chi connectivity index (χ4n) is 2.90. The molecule has 3 rings (SSSR count). The lowest BCUT2D eigenvalue weighted by atomic mass is 9.91. The van der Waals surface area contributed by atoms with Crippen LogP contribution in [0.2, 0.25) is 0 Å². The zero-order chi connectivity index (χ0) is 11.1. The molecule has 2 aliphatic heterocycles. The maximum Gasteiger partial charge on any atom is 0.255 e. The van der Waals surface area contributed by atoms with Gasteiger partial charge >= 0.3 is 0 Å². The highest BCUT2D eigenvalue weighted by atomic mass is 32.1. The molecule has 0 spiro atoms. The molecule has 0 amide bonds. The van der Waals surface area contributed by atoms with Crippen molar-refractivity contribution in [2.45, 2.75) is 31.7 Å². The minimum atomic E-state index is 0.00368. The largest absolute Gasteiger partial charge is 0.334 e. The maximum absolute atomic E-state index is 11.8. The monoisotopic (exact) mass is 237 g/mol. The van der Waals surface area contributed by atoms with Crippen LogP contribution in [0.15, 0.2) is 4.79 Å². The van der Waals surface area contributed by atoms with Crippen LogP contribution >= 0.6 is 12.2 Å². The summed E-state index contributed by atoms with van der Waals surface area (Å²) in [6.45, 7) is 2.16. The molecule has 1 aromatic heterocycles. The molecule has 4 nitrogen and oxygen atoms in total. The summed E-state index contributed by atoms with van der Waals surface area (Å²) in [5.41, 5.74) is 1.99. The minimum absolute atomic E-state index is 0.00368. The van der Waals surface area contributed by atoms with E-state index in [-0.39, 0.29) is 5.56 Å². The molecule has 0 saturated carbocycles. The number of piperidine rings is 1. The Morgan fingerprint density at radius 2 is 2.12 bits per heavy atom. The van der Waals surface area contributed by atoms with Crippen LogP contribution in [0.3, 0.4) is 0 Å². The van der Waals surface area contributed by atoms with Crippen molar-refractivity contribution in [1.82, 2.24) is 14.9 Å². The van der Waals surface area contributed by atoms with Gasteiger partial charge in [0, 0.05) is 17.8 Å². The Labute approximate surface area is 98.7 Å². The number of rotatable bonds is 0. The second-order valence-corrected chi connectivity index (χ2v) is 5.01. The van der Waals surface area contributed by atoms with Gasteiger partial charge in [0.1, 0.15) is 0 Å². The quantitative estimate of drug-likeness (QED) is 0.673. The molecule has 1 fully saturated rings. The van der Waals surface area contributed by atoms with E-state index < -0.39 is 0 Å². The van der Waals surface area contributed by atoms with Crippen molar-refractivity contribution >= 4 is 12.2 Å². The van der Waals surface area contributed by atoms with Crippen LogP contribution < -0.4 is 5.56 Å². The molecule has 0 aromatic carbocycles. The van der Waals surface area contributed by atoms with Gasteiger partial charge in [0.15, 0.2) is 4.77 Å². The highest BCUT2D eigenvalue weighted by Gasteiger charge is 2.31. The van der Waals surface area contributed by atoms with Gasteiger partial charge in [0.25, 0.3) is 5.56 Å². The Bertz CT molecular complexity index is 519.